The van der Waals surface area contributed by atoms with Gasteiger partial charge in [-0.3, -0.25) is 10.1 Å². The lowest BCUT2D eigenvalue weighted by atomic mass is 10.4. The summed E-state index contributed by atoms with van der Waals surface area (Å²) in [7, 11) is 0. The monoisotopic (exact) mass is 323 g/mol. The Morgan fingerprint density at radius 1 is 1.33 bits per heavy atom. The number of anilines is 1. The average molecular weight is 324 g/mol. The summed E-state index contributed by atoms with van der Waals surface area (Å²) < 4.78 is 0. The van der Waals surface area contributed by atoms with E-state index in [9.17, 15) is 10.1 Å². The van der Waals surface area contributed by atoms with Crippen molar-refractivity contribution in [3.8, 4) is 0 Å². The number of hydrogen-bond acceptors (Lipinski definition) is 5. The third kappa shape index (κ3) is 4.09. The zero-order valence-corrected chi connectivity index (χ0v) is 12.9. The Morgan fingerprint density at radius 2 is 2.10 bits per heavy atom. The van der Waals surface area contributed by atoms with E-state index < -0.39 is 4.92 Å². The van der Waals surface area contributed by atoms with Gasteiger partial charge in [-0.05, 0) is 24.6 Å². The fourth-order valence-electron chi connectivity index (χ4n) is 1.63. The van der Waals surface area contributed by atoms with Gasteiger partial charge >= 0.3 is 5.69 Å². The molecule has 0 atom stereocenters. The van der Waals surface area contributed by atoms with Crippen molar-refractivity contribution >= 4 is 34.9 Å². The molecule has 2 rings (SSSR count). The lowest BCUT2D eigenvalue weighted by molar-refractivity contribution is -0.388. The van der Waals surface area contributed by atoms with Gasteiger partial charge in [-0.25, -0.2) is 4.98 Å². The van der Waals surface area contributed by atoms with Gasteiger partial charge in [0.25, 0.3) is 0 Å². The Kier molecular flexibility index (Phi) is 5.41. The first-order valence-electron chi connectivity index (χ1n) is 6.43. The van der Waals surface area contributed by atoms with Crippen LogP contribution in [0, 0.1) is 10.1 Å². The molecule has 0 saturated carbocycles. The molecule has 1 heterocycles. The summed E-state index contributed by atoms with van der Waals surface area (Å²) in [5.41, 5.74) is -0.0260. The maximum atomic E-state index is 11.1. The number of halogens is 1. The molecule has 0 spiro atoms. The average Bonchev–Trinajstić information content (AvgIpc) is 2.47. The molecule has 1 N–H and O–H groups in total. The van der Waals surface area contributed by atoms with Gasteiger partial charge < -0.3 is 5.32 Å². The number of rotatable bonds is 6. The van der Waals surface area contributed by atoms with Crippen LogP contribution in [-0.2, 0) is 0 Å². The number of nitrogens with zero attached hydrogens (tertiary/aromatic N) is 2. The SMILES string of the molecule is CCCNc1ccc([N+](=O)[O-])c(Sc2ccccc2Cl)n1. The van der Waals surface area contributed by atoms with Crippen LogP contribution >= 0.6 is 23.4 Å². The molecular weight excluding hydrogens is 310 g/mol. The maximum Gasteiger partial charge on any atom is 0.301 e. The van der Waals surface area contributed by atoms with E-state index >= 15 is 0 Å². The van der Waals surface area contributed by atoms with Crippen LogP contribution in [0.3, 0.4) is 0 Å². The van der Waals surface area contributed by atoms with Crippen LogP contribution in [0.5, 0.6) is 0 Å². The standard InChI is InChI=1S/C14H14ClN3O2S/c1-2-9-16-13-8-7-11(18(19)20)14(17-13)21-12-6-4-3-5-10(12)15/h3-8H,2,9H2,1H3,(H,16,17). The summed E-state index contributed by atoms with van der Waals surface area (Å²) in [6.45, 7) is 2.80. The van der Waals surface area contributed by atoms with Gasteiger partial charge in [0.1, 0.15) is 5.82 Å². The molecule has 2 aromatic rings. The number of aromatic nitrogens is 1. The normalized spacial score (nSPS) is 10.4. The molecule has 0 aliphatic carbocycles. The van der Waals surface area contributed by atoms with Crippen LogP contribution in [0.25, 0.3) is 0 Å². The minimum atomic E-state index is -0.435. The smallest absolute Gasteiger partial charge is 0.301 e. The van der Waals surface area contributed by atoms with Crippen LogP contribution in [0.2, 0.25) is 5.02 Å². The highest BCUT2D eigenvalue weighted by molar-refractivity contribution is 7.99. The quantitative estimate of drug-likeness (QED) is 0.620. The Balaban J connectivity index is 2.34. The molecule has 110 valence electrons. The van der Waals surface area contributed by atoms with Gasteiger partial charge in [0.05, 0.1) is 9.95 Å². The second kappa shape index (κ2) is 7.28. The lowest BCUT2D eigenvalue weighted by Crippen LogP contribution is -2.03. The topological polar surface area (TPSA) is 68.1 Å². The summed E-state index contributed by atoms with van der Waals surface area (Å²) in [4.78, 5) is 15.7. The molecule has 0 fully saturated rings. The van der Waals surface area contributed by atoms with Crippen molar-refractivity contribution in [3.63, 3.8) is 0 Å². The first kappa shape index (κ1) is 15.6. The third-order valence-corrected chi connectivity index (χ3v) is 4.15. The maximum absolute atomic E-state index is 11.1. The van der Waals surface area contributed by atoms with E-state index in [1.54, 1.807) is 12.1 Å². The van der Waals surface area contributed by atoms with Crippen molar-refractivity contribution in [1.82, 2.24) is 4.98 Å². The van der Waals surface area contributed by atoms with Crippen LogP contribution in [0.15, 0.2) is 46.3 Å². The van der Waals surface area contributed by atoms with Crippen LogP contribution in [0.4, 0.5) is 11.5 Å². The molecule has 0 aliphatic heterocycles. The molecule has 0 bridgehead atoms. The summed E-state index contributed by atoms with van der Waals surface area (Å²) in [5.74, 6) is 0.622. The zero-order chi connectivity index (χ0) is 15.2. The molecule has 0 saturated heterocycles. The summed E-state index contributed by atoms with van der Waals surface area (Å²) in [6.07, 6.45) is 0.950. The molecule has 1 aromatic heterocycles. The van der Waals surface area contributed by atoms with E-state index in [2.05, 4.69) is 10.3 Å². The minimum absolute atomic E-state index is 0.0260. The molecule has 0 amide bonds. The Bertz CT molecular complexity index is 652. The molecule has 1 aromatic carbocycles. The van der Waals surface area contributed by atoms with Gasteiger partial charge in [0.15, 0.2) is 5.03 Å². The fraction of sp³-hybridized carbons (Fsp3) is 0.214. The molecule has 0 unspecified atom stereocenters. The van der Waals surface area contributed by atoms with Gasteiger partial charge in [0, 0.05) is 17.5 Å². The van der Waals surface area contributed by atoms with Gasteiger partial charge in [-0.2, -0.15) is 0 Å². The lowest BCUT2D eigenvalue weighted by Gasteiger charge is -2.07. The molecule has 0 aliphatic rings. The van der Waals surface area contributed by atoms with Gasteiger partial charge in [-0.15, -0.1) is 0 Å². The highest BCUT2D eigenvalue weighted by Crippen LogP contribution is 2.37. The number of benzene rings is 1. The fourth-order valence-corrected chi connectivity index (χ4v) is 2.79. The van der Waals surface area contributed by atoms with Crippen molar-refractivity contribution in [3.05, 3.63) is 51.5 Å². The van der Waals surface area contributed by atoms with Crippen LogP contribution in [-0.4, -0.2) is 16.5 Å². The Labute approximate surface area is 131 Å². The van der Waals surface area contributed by atoms with E-state index in [1.807, 2.05) is 25.1 Å². The first-order chi connectivity index (χ1) is 10.1. The minimum Gasteiger partial charge on any atom is -0.370 e. The highest BCUT2D eigenvalue weighted by Gasteiger charge is 2.18. The number of nitro groups is 1. The van der Waals surface area contributed by atoms with Crippen molar-refractivity contribution < 1.29 is 4.92 Å². The Morgan fingerprint density at radius 3 is 2.76 bits per heavy atom. The number of hydrogen-bond donors (Lipinski definition) is 1. The summed E-state index contributed by atoms with van der Waals surface area (Å²) in [5, 5.41) is 15.1. The van der Waals surface area contributed by atoms with Crippen molar-refractivity contribution in [2.24, 2.45) is 0 Å². The van der Waals surface area contributed by atoms with Crippen LogP contribution < -0.4 is 5.32 Å². The molecular formula is C14H14ClN3O2S. The van der Waals surface area contributed by atoms with Crippen molar-refractivity contribution in [2.75, 3.05) is 11.9 Å². The van der Waals surface area contributed by atoms with Gasteiger partial charge in [0.2, 0.25) is 0 Å². The molecule has 21 heavy (non-hydrogen) atoms. The first-order valence-corrected chi connectivity index (χ1v) is 7.63. The number of pyridine rings is 1. The van der Waals surface area contributed by atoms with Crippen molar-refractivity contribution in [2.45, 2.75) is 23.3 Å². The third-order valence-electron chi connectivity index (χ3n) is 2.64. The summed E-state index contributed by atoms with van der Waals surface area (Å²) in [6, 6.07) is 10.3. The predicted molar refractivity (Wildman–Crippen MR) is 85.2 cm³/mol. The Hall–Kier alpha value is -1.79. The number of nitrogens with one attached hydrogen (secondary N) is 1. The predicted octanol–water partition coefficient (Wildman–Crippen LogP) is 4.62. The second-order valence-electron chi connectivity index (χ2n) is 4.24. The molecule has 7 heteroatoms. The van der Waals surface area contributed by atoms with E-state index in [0.29, 0.717) is 15.9 Å². The van der Waals surface area contributed by atoms with E-state index in [4.69, 9.17) is 11.6 Å². The highest BCUT2D eigenvalue weighted by atomic mass is 35.5. The van der Waals surface area contributed by atoms with E-state index in [-0.39, 0.29) is 5.69 Å². The largest absolute Gasteiger partial charge is 0.370 e. The second-order valence-corrected chi connectivity index (χ2v) is 5.67. The van der Waals surface area contributed by atoms with E-state index in [0.717, 1.165) is 17.9 Å². The van der Waals surface area contributed by atoms with Gasteiger partial charge in [-0.1, -0.05) is 42.4 Å². The summed E-state index contributed by atoms with van der Waals surface area (Å²) >= 11 is 7.29. The van der Waals surface area contributed by atoms with E-state index in [1.165, 1.54) is 17.8 Å². The molecule has 5 nitrogen and oxygen atoms in total. The molecule has 0 radical (unpaired) electrons. The van der Waals surface area contributed by atoms with Crippen molar-refractivity contribution in [1.29, 1.82) is 0 Å². The zero-order valence-electron chi connectivity index (χ0n) is 11.4. The van der Waals surface area contributed by atoms with Crippen LogP contribution in [0.1, 0.15) is 13.3 Å².